The third-order valence-corrected chi connectivity index (χ3v) is 4.70. The van der Waals surface area contributed by atoms with Crippen LogP contribution in [0.1, 0.15) is 38.8 Å². The first kappa shape index (κ1) is 15.8. The van der Waals surface area contributed by atoms with E-state index in [1.807, 2.05) is 31.2 Å². The minimum Gasteiger partial charge on any atom is -0.496 e. The zero-order valence-electron chi connectivity index (χ0n) is 13.4. The van der Waals surface area contributed by atoms with Crippen molar-refractivity contribution in [1.82, 2.24) is 10.6 Å². The predicted molar refractivity (Wildman–Crippen MR) is 84.3 cm³/mol. The predicted octanol–water partition coefficient (Wildman–Crippen LogP) is 2.51. The number of nitrogens with one attached hydrogen (secondary N) is 2. The highest BCUT2D eigenvalue weighted by atomic mass is 16.5. The van der Waals surface area contributed by atoms with Crippen LogP contribution in [0.15, 0.2) is 24.3 Å². The number of amides is 1. The van der Waals surface area contributed by atoms with E-state index in [4.69, 9.17) is 4.74 Å². The minimum atomic E-state index is -0.295. The maximum absolute atomic E-state index is 12.8. The molecule has 0 aromatic heterocycles. The van der Waals surface area contributed by atoms with Crippen LogP contribution >= 0.6 is 0 Å². The Balaban J connectivity index is 2.15. The van der Waals surface area contributed by atoms with Crippen LogP contribution < -0.4 is 15.4 Å². The average molecular weight is 290 g/mol. The van der Waals surface area contributed by atoms with Gasteiger partial charge in [-0.25, -0.2) is 0 Å². The first-order chi connectivity index (χ1) is 10.0. The molecule has 0 radical (unpaired) electrons. The van der Waals surface area contributed by atoms with E-state index in [9.17, 15) is 4.79 Å². The Morgan fingerprint density at radius 3 is 2.62 bits per heavy atom. The summed E-state index contributed by atoms with van der Waals surface area (Å²) < 4.78 is 5.38. The molecule has 4 heteroatoms. The molecule has 4 nitrogen and oxygen atoms in total. The highest BCUT2D eigenvalue weighted by Gasteiger charge is 2.44. The van der Waals surface area contributed by atoms with E-state index in [1.165, 1.54) is 0 Å². The monoisotopic (exact) mass is 290 g/mol. The summed E-state index contributed by atoms with van der Waals surface area (Å²) >= 11 is 0. The van der Waals surface area contributed by atoms with E-state index in [2.05, 4.69) is 24.5 Å². The van der Waals surface area contributed by atoms with E-state index >= 15 is 0 Å². The van der Waals surface area contributed by atoms with Gasteiger partial charge < -0.3 is 15.4 Å². The molecule has 1 aromatic carbocycles. The lowest BCUT2D eigenvalue weighted by atomic mass is 9.75. The van der Waals surface area contributed by atoms with Crippen molar-refractivity contribution in [2.45, 2.75) is 33.2 Å². The van der Waals surface area contributed by atoms with Crippen LogP contribution in [-0.2, 0) is 4.79 Å². The van der Waals surface area contributed by atoms with E-state index in [0.717, 1.165) is 30.8 Å². The third-order valence-electron chi connectivity index (χ3n) is 4.70. The molecule has 116 valence electrons. The summed E-state index contributed by atoms with van der Waals surface area (Å²) in [5, 5.41) is 6.50. The lowest BCUT2D eigenvalue weighted by Crippen LogP contribution is -2.46. The molecule has 2 N–H and O–H groups in total. The first-order valence-electron chi connectivity index (χ1n) is 7.66. The number of carbonyl (C=O) groups excluding carboxylic acids is 1. The second kappa shape index (κ2) is 6.48. The molecule has 21 heavy (non-hydrogen) atoms. The van der Waals surface area contributed by atoms with E-state index < -0.39 is 0 Å². The smallest absolute Gasteiger partial charge is 0.228 e. The summed E-state index contributed by atoms with van der Waals surface area (Å²) in [7, 11) is 1.66. The van der Waals surface area contributed by atoms with Gasteiger partial charge in [-0.15, -0.1) is 0 Å². The van der Waals surface area contributed by atoms with Gasteiger partial charge in [-0.05, 0) is 31.9 Å². The highest BCUT2D eigenvalue weighted by Crippen LogP contribution is 2.35. The largest absolute Gasteiger partial charge is 0.496 e. The molecule has 1 aliphatic heterocycles. The van der Waals surface area contributed by atoms with E-state index in [0.29, 0.717) is 5.92 Å². The summed E-state index contributed by atoms with van der Waals surface area (Å²) in [6.45, 7) is 7.93. The number of hydrogen-bond donors (Lipinski definition) is 2. The molecular weight excluding hydrogens is 264 g/mol. The van der Waals surface area contributed by atoms with E-state index in [-0.39, 0.29) is 17.4 Å². The Kier molecular flexibility index (Phi) is 4.88. The van der Waals surface area contributed by atoms with Gasteiger partial charge in [0.15, 0.2) is 0 Å². The second-order valence-corrected chi connectivity index (χ2v) is 6.17. The zero-order chi connectivity index (χ0) is 15.5. The molecule has 0 spiro atoms. The molecule has 1 unspecified atom stereocenters. The van der Waals surface area contributed by atoms with Gasteiger partial charge in [0.1, 0.15) is 5.75 Å². The number of carbonyl (C=O) groups is 1. The Bertz CT molecular complexity index is 493. The summed E-state index contributed by atoms with van der Waals surface area (Å²) in [5.41, 5.74) is 0.717. The molecule has 2 rings (SSSR count). The van der Waals surface area contributed by atoms with Gasteiger partial charge in [-0.2, -0.15) is 0 Å². The standard InChI is InChI=1S/C17H26N2O2/c1-12(2)17(9-10-18-11-17)16(20)19-13(3)14-7-5-6-8-15(14)21-4/h5-8,12-13,18H,9-11H2,1-4H3,(H,19,20)/t13-,17?/m1/s1. The summed E-state index contributed by atoms with van der Waals surface area (Å²) in [6.07, 6.45) is 0.898. The molecule has 0 saturated carbocycles. The highest BCUT2D eigenvalue weighted by molar-refractivity contribution is 5.84. The van der Waals surface area contributed by atoms with Crippen molar-refractivity contribution in [3.8, 4) is 5.75 Å². The van der Waals surface area contributed by atoms with Crippen LogP contribution in [-0.4, -0.2) is 26.1 Å². The van der Waals surface area contributed by atoms with Gasteiger partial charge in [0.2, 0.25) is 5.91 Å². The lowest BCUT2D eigenvalue weighted by molar-refractivity contribution is -0.133. The number of rotatable bonds is 5. The average Bonchev–Trinajstić information content (AvgIpc) is 2.98. The number of benzene rings is 1. The fourth-order valence-corrected chi connectivity index (χ4v) is 3.10. The van der Waals surface area contributed by atoms with Crippen LogP contribution in [0.3, 0.4) is 0 Å². The van der Waals surface area contributed by atoms with Gasteiger partial charge in [-0.3, -0.25) is 4.79 Å². The van der Waals surface area contributed by atoms with Crippen LogP contribution in [0, 0.1) is 11.3 Å². The molecule has 0 aliphatic carbocycles. The van der Waals surface area contributed by atoms with Gasteiger partial charge in [0, 0.05) is 12.1 Å². The summed E-state index contributed by atoms with van der Waals surface area (Å²) in [5.74, 6) is 1.27. The normalized spacial score (nSPS) is 23.1. The van der Waals surface area contributed by atoms with Crippen molar-refractivity contribution in [1.29, 1.82) is 0 Å². The van der Waals surface area contributed by atoms with E-state index in [1.54, 1.807) is 7.11 Å². The Morgan fingerprint density at radius 2 is 2.05 bits per heavy atom. The Labute approximate surface area is 127 Å². The molecule has 1 saturated heterocycles. The van der Waals surface area contributed by atoms with Crippen molar-refractivity contribution >= 4 is 5.91 Å². The second-order valence-electron chi connectivity index (χ2n) is 6.17. The molecule has 1 fully saturated rings. The van der Waals surface area contributed by atoms with Crippen molar-refractivity contribution in [2.24, 2.45) is 11.3 Å². The van der Waals surface area contributed by atoms with Crippen LogP contribution in [0.4, 0.5) is 0 Å². The van der Waals surface area contributed by atoms with Gasteiger partial charge in [-0.1, -0.05) is 32.0 Å². The molecule has 1 amide bonds. The maximum Gasteiger partial charge on any atom is 0.228 e. The SMILES string of the molecule is COc1ccccc1[C@@H](C)NC(=O)C1(C(C)C)CCNC1. The molecule has 1 aliphatic rings. The molecule has 2 atom stereocenters. The van der Waals surface area contributed by atoms with Crippen molar-refractivity contribution in [3.05, 3.63) is 29.8 Å². The fourth-order valence-electron chi connectivity index (χ4n) is 3.10. The van der Waals surface area contributed by atoms with Gasteiger partial charge >= 0.3 is 0 Å². The zero-order valence-corrected chi connectivity index (χ0v) is 13.4. The minimum absolute atomic E-state index is 0.0649. The summed E-state index contributed by atoms with van der Waals surface area (Å²) in [6, 6.07) is 7.76. The quantitative estimate of drug-likeness (QED) is 0.876. The Morgan fingerprint density at radius 1 is 1.33 bits per heavy atom. The lowest BCUT2D eigenvalue weighted by Gasteiger charge is -2.32. The molecule has 1 heterocycles. The maximum atomic E-state index is 12.8. The number of para-hydroxylation sites is 1. The topological polar surface area (TPSA) is 50.4 Å². The van der Waals surface area contributed by atoms with Crippen molar-refractivity contribution in [2.75, 3.05) is 20.2 Å². The van der Waals surface area contributed by atoms with Crippen molar-refractivity contribution in [3.63, 3.8) is 0 Å². The molecular formula is C17H26N2O2. The first-order valence-corrected chi connectivity index (χ1v) is 7.66. The van der Waals surface area contributed by atoms with Gasteiger partial charge in [0.25, 0.3) is 0 Å². The Hall–Kier alpha value is -1.55. The molecule has 1 aromatic rings. The summed E-state index contributed by atoms with van der Waals surface area (Å²) in [4.78, 5) is 12.8. The van der Waals surface area contributed by atoms with Gasteiger partial charge in [0.05, 0.1) is 18.6 Å². The van der Waals surface area contributed by atoms with Crippen LogP contribution in [0.25, 0.3) is 0 Å². The third kappa shape index (κ3) is 3.05. The van der Waals surface area contributed by atoms with Crippen LogP contribution in [0.5, 0.6) is 5.75 Å². The number of hydrogen-bond acceptors (Lipinski definition) is 3. The fraction of sp³-hybridized carbons (Fsp3) is 0.588. The molecule has 0 bridgehead atoms. The van der Waals surface area contributed by atoms with Crippen molar-refractivity contribution < 1.29 is 9.53 Å². The van der Waals surface area contributed by atoms with Crippen LogP contribution in [0.2, 0.25) is 0 Å². The number of ether oxygens (including phenoxy) is 1. The number of methoxy groups -OCH3 is 1.